The topological polar surface area (TPSA) is 91.8 Å². The van der Waals surface area contributed by atoms with E-state index in [1.54, 1.807) is 0 Å². The summed E-state index contributed by atoms with van der Waals surface area (Å²) in [7, 11) is -3.68. The zero-order chi connectivity index (χ0) is 12.3. The SMILES string of the molecule is O=S(=O)(Nc1ncccc1O)N1CCOCC1. The third-order valence-electron chi connectivity index (χ3n) is 2.32. The number of nitrogens with zero attached hydrogens (tertiary/aromatic N) is 2. The van der Waals surface area contributed by atoms with Crippen LogP contribution >= 0.6 is 0 Å². The van der Waals surface area contributed by atoms with E-state index in [1.165, 1.54) is 22.6 Å². The summed E-state index contributed by atoms with van der Waals surface area (Å²) in [5, 5.41) is 9.44. The van der Waals surface area contributed by atoms with E-state index >= 15 is 0 Å². The van der Waals surface area contributed by atoms with E-state index < -0.39 is 10.2 Å². The fraction of sp³-hybridized carbons (Fsp3) is 0.444. The van der Waals surface area contributed by atoms with Crippen molar-refractivity contribution in [2.24, 2.45) is 0 Å². The van der Waals surface area contributed by atoms with Crippen LogP contribution in [0, 0.1) is 0 Å². The number of hydrogen-bond acceptors (Lipinski definition) is 5. The zero-order valence-electron chi connectivity index (χ0n) is 9.04. The Hall–Kier alpha value is -1.38. The molecule has 0 aromatic carbocycles. The second kappa shape index (κ2) is 4.86. The van der Waals surface area contributed by atoms with Crippen LogP contribution in [0.25, 0.3) is 0 Å². The van der Waals surface area contributed by atoms with Crippen LogP contribution in [-0.2, 0) is 14.9 Å². The van der Waals surface area contributed by atoms with Crippen molar-refractivity contribution in [3.63, 3.8) is 0 Å². The smallest absolute Gasteiger partial charge is 0.303 e. The maximum Gasteiger partial charge on any atom is 0.303 e. The molecular weight excluding hydrogens is 246 g/mol. The predicted molar refractivity (Wildman–Crippen MR) is 60.8 cm³/mol. The minimum atomic E-state index is -3.68. The molecule has 0 atom stereocenters. The summed E-state index contributed by atoms with van der Waals surface area (Å²) in [4.78, 5) is 3.76. The van der Waals surface area contributed by atoms with Crippen molar-refractivity contribution in [1.82, 2.24) is 9.29 Å². The number of pyridine rings is 1. The summed E-state index contributed by atoms with van der Waals surface area (Å²) in [6, 6.07) is 2.88. The van der Waals surface area contributed by atoms with Gasteiger partial charge in [-0.25, -0.2) is 4.98 Å². The highest BCUT2D eigenvalue weighted by Crippen LogP contribution is 2.20. The lowest BCUT2D eigenvalue weighted by Gasteiger charge is -2.26. The fourth-order valence-electron chi connectivity index (χ4n) is 1.45. The van der Waals surface area contributed by atoms with Gasteiger partial charge in [0, 0.05) is 19.3 Å². The number of aromatic nitrogens is 1. The van der Waals surface area contributed by atoms with Gasteiger partial charge in [-0.3, -0.25) is 4.72 Å². The molecule has 17 heavy (non-hydrogen) atoms. The van der Waals surface area contributed by atoms with E-state index in [1.807, 2.05) is 0 Å². The lowest BCUT2D eigenvalue weighted by Crippen LogP contribution is -2.43. The molecule has 0 aliphatic carbocycles. The number of morpholine rings is 1. The Balaban J connectivity index is 2.14. The normalized spacial score (nSPS) is 17.9. The van der Waals surface area contributed by atoms with Gasteiger partial charge in [-0.2, -0.15) is 12.7 Å². The van der Waals surface area contributed by atoms with Gasteiger partial charge in [0.2, 0.25) is 0 Å². The van der Waals surface area contributed by atoms with Crippen LogP contribution in [0.2, 0.25) is 0 Å². The van der Waals surface area contributed by atoms with Crippen molar-refractivity contribution in [3.8, 4) is 5.75 Å². The van der Waals surface area contributed by atoms with Gasteiger partial charge in [-0.15, -0.1) is 0 Å². The second-order valence-corrected chi connectivity index (χ2v) is 5.16. The third-order valence-corrected chi connectivity index (χ3v) is 3.82. The first-order valence-corrected chi connectivity index (χ1v) is 6.53. The van der Waals surface area contributed by atoms with E-state index in [2.05, 4.69) is 9.71 Å². The van der Waals surface area contributed by atoms with Crippen molar-refractivity contribution >= 4 is 16.0 Å². The zero-order valence-corrected chi connectivity index (χ0v) is 9.85. The first kappa shape index (κ1) is 12.1. The Kier molecular flexibility index (Phi) is 3.46. The molecule has 0 saturated carbocycles. The Labute approximate surface area is 99.2 Å². The van der Waals surface area contributed by atoms with E-state index in [0.29, 0.717) is 26.3 Å². The Morgan fingerprint density at radius 2 is 2.12 bits per heavy atom. The number of hydrogen-bond donors (Lipinski definition) is 2. The Bertz CT molecular complexity index is 485. The maximum absolute atomic E-state index is 11.9. The van der Waals surface area contributed by atoms with E-state index in [4.69, 9.17) is 4.74 Å². The summed E-state index contributed by atoms with van der Waals surface area (Å²) in [5.41, 5.74) is 0. The lowest BCUT2D eigenvalue weighted by molar-refractivity contribution is 0.0733. The summed E-state index contributed by atoms with van der Waals surface area (Å²) < 4.78 is 32.4. The van der Waals surface area contributed by atoms with Gasteiger partial charge in [0.05, 0.1) is 13.2 Å². The molecule has 2 N–H and O–H groups in total. The van der Waals surface area contributed by atoms with Gasteiger partial charge in [0.1, 0.15) is 0 Å². The molecule has 8 heteroatoms. The highest BCUT2D eigenvalue weighted by Gasteiger charge is 2.25. The van der Waals surface area contributed by atoms with E-state index in [0.717, 1.165) is 0 Å². The second-order valence-electron chi connectivity index (χ2n) is 3.49. The standard InChI is InChI=1S/C9H13N3O4S/c13-8-2-1-3-10-9(8)11-17(14,15)12-4-6-16-7-5-12/h1-3,13H,4-7H2,(H,10,11). The lowest BCUT2D eigenvalue weighted by atomic mass is 10.4. The van der Waals surface area contributed by atoms with Gasteiger partial charge in [0.15, 0.2) is 11.6 Å². The first-order chi connectivity index (χ1) is 8.09. The number of aromatic hydroxyl groups is 1. The van der Waals surface area contributed by atoms with Crippen LogP contribution in [0.5, 0.6) is 5.75 Å². The van der Waals surface area contributed by atoms with Gasteiger partial charge in [-0.05, 0) is 12.1 Å². The molecule has 1 saturated heterocycles. The van der Waals surface area contributed by atoms with Crippen molar-refractivity contribution in [1.29, 1.82) is 0 Å². The monoisotopic (exact) mass is 259 g/mol. The predicted octanol–water partition coefficient (Wildman–Crippen LogP) is -0.224. The summed E-state index contributed by atoms with van der Waals surface area (Å²) in [5.74, 6) is -0.275. The molecule has 1 aliphatic heterocycles. The van der Waals surface area contributed by atoms with Crippen LogP contribution in [-0.4, -0.2) is 49.1 Å². The van der Waals surface area contributed by atoms with Crippen LogP contribution in [0.15, 0.2) is 18.3 Å². The van der Waals surface area contributed by atoms with Crippen molar-refractivity contribution in [2.45, 2.75) is 0 Å². The van der Waals surface area contributed by atoms with Gasteiger partial charge in [0.25, 0.3) is 0 Å². The molecule has 7 nitrogen and oxygen atoms in total. The number of anilines is 1. The van der Waals surface area contributed by atoms with Gasteiger partial charge in [-0.1, -0.05) is 0 Å². The minimum Gasteiger partial charge on any atom is -0.504 e. The molecule has 94 valence electrons. The van der Waals surface area contributed by atoms with Gasteiger partial charge < -0.3 is 9.84 Å². The Morgan fingerprint density at radius 1 is 1.41 bits per heavy atom. The molecule has 2 rings (SSSR count). The number of ether oxygens (including phenoxy) is 1. The largest absolute Gasteiger partial charge is 0.504 e. The average Bonchev–Trinajstić information content (AvgIpc) is 2.33. The fourth-order valence-corrected chi connectivity index (χ4v) is 2.61. The third kappa shape index (κ3) is 2.84. The molecule has 1 aromatic heterocycles. The van der Waals surface area contributed by atoms with E-state index in [-0.39, 0.29) is 11.6 Å². The van der Waals surface area contributed by atoms with E-state index in [9.17, 15) is 13.5 Å². The minimum absolute atomic E-state index is 0.0704. The highest BCUT2D eigenvalue weighted by molar-refractivity contribution is 7.90. The first-order valence-electron chi connectivity index (χ1n) is 5.09. The average molecular weight is 259 g/mol. The quantitative estimate of drug-likeness (QED) is 0.782. The van der Waals surface area contributed by atoms with Crippen LogP contribution in [0.4, 0.5) is 5.82 Å². The maximum atomic E-state index is 11.9. The number of rotatable bonds is 3. The van der Waals surface area contributed by atoms with Crippen LogP contribution < -0.4 is 4.72 Å². The van der Waals surface area contributed by atoms with Crippen molar-refractivity contribution in [2.75, 3.05) is 31.0 Å². The molecule has 1 aliphatic rings. The molecule has 1 aromatic rings. The molecule has 0 unspecified atom stereocenters. The Morgan fingerprint density at radius 3 is 2.76 bits per heavy atom. The summed E-state index contributed by atoms with van der Waals surface area (Å²) >= 11 is 0. The van der Waals surface area contributed by atoms with Crippen molar-refractivity contribution in [3.05, 3.63) is 18.3 Å². The molecular formula is C9H13N3O4S. The summed E-state index contributed by atoms with van der Waals surface area (Å²) in [6.07, 6.45) is 1.40. The molecule has 0 amide bonds. The molecule has 0 radical (unpaired) electrons. The molecule has 2 heterocycles. The van der Waals surface area contributed by atoms with Crippen molar-refractivity contribution < 1.29 is 18.3 Å². The molecule has 0 spiro atoms. The van der Waals surface area contributed by atoms with Crippen LogP contribution in [0.1, 0.15) is 0 Å². The molecule has 1 fully saturated rings. The molecule has 0 bridgehead atoms. The summed E-state index contributed by atoms with van der Waals surface area (Å²) in [6.45, 7) is 1.33. The van der Waals surface area contributed by atoms with Crippen LogP contribution in [0.3, 0.4) is 0 Å². The van der Waals surface area contributed by atoms with Gasteiger partial charge >= 0.3 is 10.2 Å². The highest BCUT2D eigenvalue weighted by atomic mass is 32.2. The number of nitrogens with one attached hydrogen (secondary N) is 1.